The average Bonchev–Trinajstić information content (AvgIpc) is 2.77. The molecule has 1 heteroatoms. The van der Waals surface area contributed by atoms with Gasteiger partial charge < -0.3 is 5.32 Å². The lowest BCUT2D eigenvalue weighted by Crippen LogP contribution is -2.18. The van der Waals surface area contributed by atoms with E-state index < -0.39 is 0 Å². The van der Waals surface area contributed by atoms with Gasteiger partial charge in [0.15, 0.2) is 0 Å². The Morgan fingerprint density at radius 1 is 1.33 bits per heavy atom. The highest BCUT2D eigenvalue weighted by Gasteiger charge is 2.38. The maximum atomic E-state index is 3.50. The molecule has 1 nitrogen and oxygen atoms in total. The van der Waals surface area contributed by atoms with Gasteiger partial charge in [0.2, 0.25) is 0 Å². The first-order valence-corrected chi connectivity index (χ1v) is 5.46. The van der Waals surface area contributed by atoms with E-state index in [4.69, 9.17) is 0 Å². The van der Waals surface area contributed by atoms with E-state index in [-0.39, 0.29) is 0 Å². The van der Waals surface area contributed by atoms with Crippen LogP contribution in [0.5, 0.6) is 0 Å². The largest absolute Gasteiger partial charge is 0.308 e. The van der Waals surface area contributed by atoms with Crippen LogP contribution in [0.25, 0.3) is 0 Å². The number of nitrogens with one attached hydrogen (secondary N) is 1. The molecular weight excluding hydrogens is 146 g/mol. The van der Waals surface area contributed by atoms with Crippen molar-refractivity contribution in [2.45, 2.75) is 59.0 Å². The molecule has 12 heavy (non-hydrogen) atoms. The fourth-order valence-electron chi connectivity index (χ4n) is 2.36. The Morgan fingerprint density at radius 2 is 1.92 bits per heavy atom. The Kier molecular flexibility index (Phi) is 3.57. The first-order chi connectivity index (χ1) is 5.70. The smallest absolute Gasteiger partial charge is 0.0249 e. The Hall–Kier alpha value is -0.0400. The Bertz CT molecular complexity index is 133. The number of hydrogen-bond donors (Lipinski definition) is 1. The fourth-order valence-corrected chi connectivity index (χ4v) is 2.36. The van der Waals surface area contributed by atoms with Crippen molar-refractivity contribution >= 4 is 0 Å². The van der Waals surface area contributed by atoms with Gasteiger partial charge in [-0.3, -0.25) is 0 Å². The molecule has 4 atom stereocenters. The summed E-state index contributed by atoms with van der Waals surface area (Å²) in [6, 6.07) is 1.60. The van der Waals surface area contributed by atoms with Crippen LogP contribution < -0.4 is 5.32 Å². The summed E-state index contributed by atoms with van der Waals surface area (Å²) in [7, 11) is 0. The monoisotopic (exact) mass is 169 g/mol. The maximum absolute atomic E-state index is 3.50. The highest BCUT2D eigenvalue weighted by atomic mass is 15.1. The lowest BCUT2D eigenvalue weighted by molar-refractivity contribution is 0.315. The van der Waals surface area contributed by atoms with Crippen LogP contribution in [0.1, 0.15) is 47.0 Å². The van der Waals surface area contributed by atoms with Crippen LogP contribution in [-0.4, -0.2) is 12.1 Å². The van der Waals surface area contributed by atoms with Gasteiger partial charge in [-0.2, -0.15) is 0 Å². The summed E-state index contributed by atoms with van der Waals surface area (Å²) in [5.41, 5.74) is 0. The van der Waals surface area contributed by atoms with E-state index in [0.29, 0.717) is 0 Å². The van der Waals surface area contributed by atoms with Gasteiger partial charge in [0.05, 0.1) is 0 Å². The van der Waals surface area contributed by atoms with E-state index >= 15 is 0 Å². The van der Waals surface area contributed by atoms with Crippen molar-refractivity contribution in [2.24, 2.45) is 11.8 Å². The second kappa shape index (κ2) is 4.27. The Morgan fingerprint density at radius 3 is 2.25 bits per heavy atom. The van der Waals surface area contributed by atoms with Crippen LogP contribution in [0.3, 0.4) is 0 Å². The molecule has 0 spiro atoms. The average molecular weight is 169 g/mol. The lowest BCUT2D eigenvalue weighted by atomic mass is 9.84. The Balaban J connectivity index is 2.31. The molecule has 0 aromatic carbocycles. The van der Waals surface area contributed by atoms with Crippen LogP contribution in [0.4, 0.5) is 0 Å². The second-order valence-corrected chi connectivity index (χ2v) is 4.30. The summed E-state index contributed by atoms with van der Waals surface area (Å²) in [6.45, 7) is 9.31. The first kappa shape index (κ1) is 10.0. The maximum Gasteiger partial charge on any atom is 0.0249 e. The van der Waals surface area contributed by atoms with Crippen LogP contribution in [0, 0.1) is 11.8 Å². The molecule has 72 valence electrons. The lowest BCUT2D eigenvalue weighted by Gasteiger charge is -2.21. The molecule has 0 bridgehead atoms. The van der Waals surface area contributed by atoms with Gasteiger partial charge in [0, 0.05) is 12.1 Å². The van der Waals surface area contributed by atoms with E-state index in [1.807, 2.05) is 0 Å². The summed E-state index contributed by atoms with van der Waals surface area (Å²) in [5, 5.41) is 3.50. The third-order valence-corrected chi connectivity index (χ3v) is 3.38. The van der Waals surface area contributed by atoms with Gasteiger partial charge in [-0.05, 0) is 18.8 Å². The zero-order valence-corrected chi connectivity index (χ0v) is 8.93. The Labute approximate surface area is 76.9 Å². The quantitative estimate of drug-likeness (QED) is 0.628. The molecule has 1 aliphatic rings. The van der Waals surface area contributed by atoms with Crippen LogP contribution in [0.2, 0.25) is 0 Å². The zero-order chi connectivity index (χ0) is 9.14. The molecule has 0 aromatic rings. The van der Waals surface area contributed by atoms with Crippen molar-refractivity contribution in [3.63, 3.8) is 0 Å². The molecule has 1 aliphatic heterocycles. The molecule has 1 saturated heterocycles. The van der Waals surface area contributed by atoms with Crippen molar-refractivity contribution in [3.05, 3.63) is 0 Å². The van der Waals surface area contributed by atoms with Gasteiger partial charge in [0.25, 0.3) is 0 Å². The minimum absolute atomic E-state index is 0.783. The molecule has 0 saturated carbocycles. The third kappa shape index (κ3) is 2.22. The third-order valence-electron chi connectivity index (χ3n) is 3.38. The molecule has 0 aliphatic carbocycles. The van der Waals surface area contributed by atoms with E-state index in [9.17, 15) is 0 Å². The predicted octanol–water partition coefficient (Wildman–Crippen LogP) is 2.81. The molecule has 1 rings (SSSR count). The molecule has 0 aromatic heterocycles. The standard InChI is InChI=1S/C11H23N/c1-5-7-10(6-2)8(3)11-9(4)12-11/h8-12H,5-7H2,1-4H3. The molecule has 0 radical (unpaired) electrons. The minimum atomic E-state index is 0.783. The van der Waals surface area contributed by atoms with Crippen molar-refractivity contribution < 1.29 is 0 Å². The highest BCUT2D eigenvalue weighted by Crippen LogP contribution is 2.30. The van der Waals surface area contributed by atoms with Crippen molar-refractivity contribution in [3.8, 4) is 0 Å². The normalized spacial score (nSPS) is 33.0. The SMILES string of the molecule is CCCC(CC)C(C)C1NC1C. The van der Waals surface area contributed by atoms with E-state index in [1.54, 1.807) is 0 Å². The molecule has 4 unspecified atom stereocenters. The highest BCUT2D eigenvalue weighted by molar-refractivity contribution is 4.99. The van der Waals surface area contributed by atoms with Gasteiger partial charge in [-0.1, -0.05) is 40.0 Å². The molecule has 0 amide bonds. The van der Waals surface area contributed by atoms with Crippen molar-refractivity contribution in [1.82, 2.24) is 5.32 Å². The van der Waals surface area contributed by atoms with Crippen LogP contribution in [-0.2, 0) is 0 Å². The zero-order valence-electron chi connectivity index (χ0n) is 8.93. The first-order valence-electron chi connectivity index (χ1n) is 5.46. The van der Waals surface area contributed by atoms with Gasteiger partial charge in [-0.25, -0.2) is 0 Å². The van der Waals surface area contributed by atoms with Gasteiger partial charge >= 0.3 is 0 Å². The summed E-state index contributed by atoms with van der Waals surface area (Å²) in [6.07, 6.45) is 4.09. The summed E-state index contributed by atoms with van der Waals surface area (Å²) in [5.74, 6) is 1.82. The molecule has 1 N–H and O–H groups in total. The minimum Gasteiger partial charge on any atom is -0.308 e. The van der Waals surface area contributed by atoms with E-state index in [2.05, 4.69) is 33.0 Å². The number of rotatable bonds is 5. The summed E-state index contributed by atoms with van der Waals surface area (Å²) in [4.78, 5) is 0. The predicted molar refractivity (Wildman–Crippen MR) is 54.2 cm³/mol. The van der Waals surface area contributed by atoms with Crippen LogP contribution in [0.15, 0.2) is 0 Å². The van der Waals surface area contributed by atoms with E-state index in [0.717, 1.165) is 23.9 Å². The van der Waals surface area contributed by atoms with Crippen molar-refractivity contribution in [2.75, 3.05) is 0 Å². The van der Waals surface area contributed by atoms with Crippen LogP contribution >= 0.6 is 0 Å². The van der Waals surface area contributed by atoms with E-state index in [1.165, 1.54) is 19.3 Å². The molecule has 1 fully saturated rings. The van der Waals surface area contributed by atoms with Gasteiger partial charge in [-0.15, -0.1) is 0 Å². The topological polar surface area (TPSA) is 21.9 Å². The van der Waals surface area contributed by atoms with Crippen molar-refractivity contribution in [1.29, 1.82) is 0 Å². The second-order valence-electron chi connectivity index (χ2n) is 4.30. The molecule has 1 heterocycles. The fraction of sp³-hybridized carbons (Fsp3) is 1.00. The summed E-state index contributed by atoms with van der Waals surface area (Å²) >= 11 is 0. The molecular formula is C11H23N. The summed E-state index contributed by atoms with van der Waals surface area (Å²) < 4.78 is 0. The number of hydrogen-bond acceptors (Lipinski definition) is 1. The van der Waals surface area contributed by atoms with Gasteiger partial charge in [0.1, 0.15) is 0 Å².